The van der Waals surface area contributed by atoms with Gasteiger partial charge in [-0.1, -0.05) is 48.0 Å². The van der Waals surface area contributed by atoms with Crippen molar-refractivity contribution in [3.63, 3.8) is 0 Å². The number of benzene rings is 3. The zero-order chi connectivity index (χ0) is 22.8. The van der Waals surface area contributed by atoms with Crippen LogP contribution in [0.25, 0.3) is 16.6 Å². The molecule has 1 amide bonds. The normalized spacial score (nSPS) is 11.1. The van der Waals surface area contributed by atoms with E-state index in [-0.39, 0.29) is 5.91 Å². The Morgan fingerprint density at radius 3 is 2.52 bits per heavy atom. The van der Waals surface area contributed by atoms with Gasteiger partial charge < -0.3 is 9.64 Å². The van der Waals surface area contributed by atoms with E-state index in [2.05, 4.69) is 34.6 Å². The maximum absolute atomic E-state index is 13.6. The van der Waals surface area contributed by atoms with Gasteiger partial charge in [0.15, 0.2) is 5.65 Å². The number of aromatic nitrogens is 4. The van der Waals surface area contributed by atoms with Crippen molar-refractivity contribution in [1.82, 2.24) is 24.9 Å². The lowest BCUT2D eigenvalue weighted by atomic mass is 10.1. The number of nitrogens with zero attached hydrogens (tertiary/aromatic N) is 5. The van der Waals surface area contributed by atoms with Crippen molar-refractivity contribution in [3.8, 4) is 5.75 Å². The fourth-order valence-corrected chi connectivity index (χ4v) is 4.11. The quantitative estimate of drug-likeness (QED) is 0.393. The minimum atomic E-state index is -0.0727. The highest BCUT2D eigenvalue weighted by atomic mass is 16.5. The lowest BCUT2D eigenvalue weighted by Gasteiger charge is -2.24. The van der Waals surface area contributed by atoms with E-state index in [1.54, 1.807) is 16.5 Å². The number of methoxy groups -OCH3 is 1. The van der Waals surface area contributed by atoms with Crippen LogP contribution in [0.1, 0.15) is 27.0 Å². The maximum atomic E-state index is 13.6. The van der Waals surface area contributed by atoms with Gasteiger partial charge in [-0.05, 0) is 53.7 Å². The Morgan fingerprint density at radius 2 is 1.70 bits per heavy atom. The summed E-state index contributed by atoms with van der Waals surface area (Å²) in [5.41, 5.74) is 5.13. The molecule has 164 valence electrons. The third-order valence-electron chi connectivity index (χ3n) is 5.72. The van der Waals surface area contributed by atoms with Crippen LogP contribution in [0.3, 0.4) is 0 Å². The van der Waals surface area contributed by atoms with Crippen molar-refractivity contribution in [2.24, 2.45) is 0 Å². The molecular formula is C26H23N5O2. The van der Waals surface area contributed by atoms with Gasteiger partial charge in [0.2, 0.25) is 0 Å². The molecule has 0 N–H and O–H groups in total. The number of tetrazole rings is 1. The van der Waals surface area contributed by atoms with E-state index in [9.17, 15) is 4.79 Å². The van der Waals surface area contributed by atoms with Crippen LogP contribution < -0.4 is 4.74 Å². The Kier molecular flexibility index (Phi) is 5.44. The van der Waals surface area contributed by atoms with Crippen molar-refractivity contribution < 1.29 is 9.53 Å². The molecule has 7 heteroatoms. The Hall–Kier alpha value is -4.26. The van der Waals surface area contributed by atoms with Gasteiger partial charge in [0.05, 0.1) is 19.2 Å². The van der Waals surface area contributed by atoms with Gasteiger partial charge in [-0.2, -0.15) is 4.52 Å². The molecule has 0 radical (unpaired) electrons. The van der Waals surface area contributed by atoms with E-state index in [1.165, 1.54) is 0 Å². The standard InChI is InChI=1S/C26H23N5O2/c1-18-12-13-23-21(14-18)15-22(25-27-28-29-31(23)25)17-30(26(32)19-8-4-3-5-9-19)16-20-10-6-7-11-24(20)33-2/h3-15H,16-17H2,1-2H3. The van der Waals surface area contributed by atoms with Gasteiger partial charge in [-0.3, -0.25) is 4.79 Å². The molecule has 0 unspecified atom stereocenters. The fourth-order valence-electron chi connectivity index (χ4n) is 4.11. The van der Waals surface area contributed by atoms with Gasteiger partial charge in [0.25, 0.3) is 5.91 Å². The smallest absolute Gasteiger partial charge is 0.254 e. The van der Waals surface area contributed by atoms with Gasteiger partial charge in [-0.25, -0.2) is 0 Å². The molecule has 0 aliphatic heterocycles. The van der Waals surface area contributed by atoms with E-state index in [0.29, 0.717) is 24.3 Å². The monoisotopic (exact) mass is 437 g/mol. The van der Waals surface area contributed by atoms with Crippen LogP contribution in [0.4, 0.5) is 0 Å². The number of amides is 1. The van der Waals surface area contributed by atoms with E-state index >= 15 is 0 Å². The molecule has 0 aliphatic rings. The Morgan fingerprint density at radius 1 is 0.939 bits per heavy atom. The lowest BCUT2D eigenvalue weighted by molar-refractivity contribution is 0.0729. The second kappa shape index (κ2) is 8.70. The number of rotatable bonds is 6. The molecule has 3 aromatic carbocycles. The Balaban J connectivity index is 1.60. The van der Waals surface area contributed by atoms with Crippen LogP contribution in [-0.2, 0) is 13.1 Å². The van der Waals surface area contributed by atoms with Crippen molar-refractivity contribution >= 4 is 22.5 Å². The summed E-state index contributed by atoms with van der Waals surface area (Å²) in [6.45, 7) is 2.78. The van der Waals surface area contributed by atoms with Crippen molar-refractivity contribution in [1.29, 1.82) is 0 Å². The summed E-state index contributed by atoms with van der Waals surface area (Å²) < 4.78 is 7.27. The number of para-hydroxylation sites is 1. The number of aryl methyl sites for hydroxylation is 1. The molecule has 0 fully saturated rings. The SMILES string of the molecule is COc1ccccc1CN(Cc1cc2cc(C)ccc2n2nnnc12)C(=O)c1ccccc1. The summed E-state index contributed by atoms with van der Waals surface area (Å²) in [5, 5.41) is 13.4. The predicted octanol–water partition coefficient (Wildman–Crippen LogP) is 4.44. The number of hydrogen-bond donors (Lipinski definition) is 0. The first-order chi connectivity index (χ1) is 16.1. The Bertz CT molecular complexity index is 1450. The second-order valence-electron chi connectivity index (χ2n) is 7.99. The predicted molar refractivity (Wildman–Crippen MR) is 126 cm³/mol. The fraction of sp³-hybridized carbons (Fsp3) is 0.154. The minimum Gasteiger partial charge on any atom is -0.496 e. The molecule has 0 saturated carbocycles. The second-order valence-corrected chi connectivity index (χ2v) is 7.99. The highest BCUT2D eigenvalue weighted by Crippen LogP contribution is 2.25. The number of carbonyl (C=O) groups is 1. The molecule has 33 heavy (non-hydrogen) atoms. The van der Waals surface area contributed by atoms with Gasteiger partial charge in [0.1, 0.15) is 5.75 Å². The highest BCUT2D eigenvalue weighted by molar-refractivity contribution is 5.94. The summed E-state index contributed by atoms with van der Waals surface area (Å²) >= 11 is 0. The van der Waals surface area contributed by atoms with Crippen LogP contribution in [0.15, 0.2) is 78.9 Å². The van der Waals surface area contributed by atoms with Crippen molar-refractivity contribution in [2.75, 3.05) is 7.11 Å². The molecule has 0 spiro atoms. The maximum Gasteiger partial charge on any atom is 0.254 e. The molecule has 0 bridgehead atoms. The topological polar surface area (TPSA) is 72.6 Å². The summed E-state index contributed by atoms with van der Waals surface area (Å²) in [5.74, 6) is 0.670. The van der Waals surface area contributed by atoms with Crippen LogP contribution in [0.5, 0.6) is 5.75 Å². The third-order valence-corrected chi connectivity index (χ3v) is 5.72. The Labute approximate surface area is 191 Å². The van der Waals surface area contributed by atoms with Crippen LogP contribution in [0.2, 0.25) is 0 Å². The molecule has 0 aliphatic carbocycles. The summed E-state index contributed by atoms with van der Waals surface area (Å²) in [6, 6.07) is 25.3. The average Bonchev–Trinajstić information content (AvgIpc) is 3.34. The number of pyridine rings is 1. The van der Waals surface area contributed by atoms with Gasteiger partial charge in [0, 0.05) is 28.6 Å². The largest absolute Gasteiger partial charge is 0.496 e. The summed E-state index contributed by atoms with van der Waals surface area (Å²) in [7, 11) is 1.64. The lowest BCUT2D eigenvalue weighted by Crippen LogP contribution is -2.30. The first-order valence-corrected chi connectivity index (χ1v) is 10.7. The zero-order valence-corrected chi connectivity index (χ0v) is 18.5. The van der Waals surface area contributed by atoms with E-state index in [0.717, 1.165) is 33.3 Å². The first kappa shape index (κ1) is 20.6. The summed E-state index contributed by atoms with van der Waals surface area (Å²) in [6.07, 6.45) is 0. The number of hydrogen-bond acceptors (Lipinski definition) is 5. The van der Waals surface area contributed by atoms with Crippen molar-refractivity contribution in [3.05, 3.63) is 101 Å². The highest BCUT2D eigenvalue weighted by Gasteiger charge is 2.21. The number of ether oxygens (including phenoxy) is 1. The van der Waals surface area contributed by atoms with E-state index in [1.807, 2.05) is 66.7 Å². The van der Waals surface area contributed by atoms with Crippen molar-refractivity contribution in [2.45, 2.75) is 20.0 Å². The summed E-state index contributed by atoms with van der Waals surface area (Å²) in [4.78, 5) is 15.4. The molecule has 5 aromatic rings. The first-order valence-electron chi connectivity index (χ1n) is 10.7. The van der Waals surface area contributed by atoms with Gasteiger partial charge >= 0.3 is 0 Å². The van der Waals surface area contributed by atoms with E-state index < -0.39 is 0 Å². The average molecular weight is 438 g/mol. The van der Waals surface area contributed by atoms with Gasteiger partial charge in [-0.15, -0.1) is 5.10 Å². The molecular weight excluding hydrogens is 414 g/mol. The number of carbonyl (C=O) groups excluding carboxylic acids is 1. The molecule has 2 heterocycles. The number of fused-ring (bicyclic) bond motifs is 3. The molecule has 2 aromatic heterocycles. The molecule has 5 rings (SSSR count). The molecule has 7 nitrogen and oxygen atoms in total. The van der Waals surface area contributed by atoms with E-state index in [4.69, 9.17) is 4.74 Å². The molecule has 0 saturated heterocycles. The van der Waals surface area contributed by atoms with Crippen LogP contribution in [0, 0.1) is 6.92 Å². The van der Waals surface area contributed by atoms with Crippen LogP contribution in [-0.4, -0.2) is 38.0 Å². The molecule has 0 atom stereocenters. The third kappa shape index (κ3) is 4.01. The minimum absolute atomic E-state index is 0.0727. The van der Waals surface area contributed by atoms with Crippen LogP contribution >= 0.6 is 0 Å². The zero-order valence-electron chi connectivity index (χ0n) is 18.5.